The molecule has 0 bridgehead atoms. The van der Waals surface area contributed by atoms with Crippen molar-refractivity contribution in [3.05, 3.63) is 129 Å². The first kappa shape index (κ1) is 32.3. The van der Waals surface area contributed by atoms with E-state index in [0.717, 1.165) is 16.9 Å². The summed E-state index contributed by atoms with van der Waals surface area (Å²) in [7, 11) is 1.63. The van der Waals surface area contributed by atoms with Crippen LogP contribution in [0.5, 0.6) is 11.5 Å². The van der Waals surface area contributed by atoms with Crippen LogP contribution in [0.15, 0.2) is 102 Å². The first-order valence-electron chi connectivity index (χ1n) is 14.7. The predicted molar refractivity (Wildman–Crippen MR) is 176 cm³/mol. The van der Waals surface area contributed by atoms with Gasteiger partial charge in [0.2, 0.25) is 5.90 Å². The van der Waals surface area contributed by atoms with Crippen LogP contribution in [-0.4, -0.2) is 49.3 Å². The van der Waals surface area contributed by atoms with Gasteiger partial charge in [-0.25, -0.2) is 10.4 Å². The number of aliphatic hydroxyl groups is 1. The summed E-state index contributed by atoms with van der Waals surface area (Å²) < 4.78 is 17.6. The fourth-order valence-corrected chi connectivity index (χ4v) is 5.67. The molecular weight excluding hydrogens is 613 g/mol. The van der Waals surface area contributed by atoms with E-state index in [1.807, 2.05) is 66.7 Å². The van der Waals surface area contributed by atoms with Crippen LogP contribution in [-0.2, 0) is 22.4 Å². The lowest BCUT2D eigenvalue weighted by Crippen LogP contribution is -2.54. The lowest BCUT2D eigenvalue weighted by molar-refractivity contribution is -0.130. The fourth-order valence-electron chi connectivity index (χ4n) is 5.17. The summed E-state index contributed by atoms with van der Waals surface area (Å²) in [4.78, 5) is 19.4. The number of carbonyl (C=O) groups excluding carboxylic acids is 1. The van der Waals surface area contributed by atoms with Crippen molar-refractivity contribution >= 4 is 35.0 Å². The first-order chi connectivity index (χ1) is 21.9. The molecule has 2 atom stereocenters. The van der Waals surface area contributed by atoms with Gasteiger partial charge in [0.1, 0.15) is 11.5 Å². The maximum absolute atomic E-state index is 14.3. The molecule has 4 aromatic carbocycles. The Morgan fingerprint density at radius 2 is 1.73 bits per heavy atom. The van der Waals surface area contributed by atoms with Gasteiger partial charge in [0.05, 0.1) is 13.7 Å². The minimum atomic E-state index is -1.42. The number of carbonyl (C=O) groups is 1. The van der Waals surface area contributed by atoms with E-state index in [1.54, 1.807) is 37.4 Å². The Hall–Kier alpha value is -4.08. The lowest BCUT2D eigenvalue weighted by atomic mass is 9.82. The van der Waals surface area contributed by atoms with Crippen LogP contribution in [0.2, 0.25) is 10.0 Å². The number of ether oxygens (including phenoxy) is 3. The van der Waals surface area contributed by atoms with Crippen LogP contribution >= 0.6 is 23.2 Å². The van der Waals surface area contributed by atoms with Crippen LogP contribution in [0.25, 0.3) is 0 Å². The van der Waals surface area contributed by atoms with Crippen LogP contribution in [0.1, 0.15) is 34.8 Å². The van der Waals surface area contributed by atoms with Crippen LogP contribution < -0.4 is 20.3 Å². The minimum absolute atomic E-state index is 0.0544. The Morgan fingerprint density at radius 1 is 0.956 bits per heavy atom. The molecule has 1 amide bonds. The third-order valence-corrected chi connectivity index (χ3v) is 8.03. The Morgan fingerprint density at radius 3 is 2.47 bits per heavy atom. The third-order valence-electron chi connectivity index (χ3n) is 7.47. The van der Waals surface area contributed by atoms with Gasteiger partial charge in [0.15, 0.2) is 11.6 Å². The van der Waals surface area contributed by atoms with E-state index in [4.69, 9.17) is 47.5 Å². The van der Waals surface area contributed by atoms with Gasteiger partial charge in [-0.3, -0.25) is 10.2 Å². The molecule has 3 N–H and O–H groups in total. The van der Waals surface area contributed by atoms with Crippen molar-refractivity contribution in [2.75, 3.05) is 26.9 Å². The molecule has 0 aliphatic carbocycles. The molecule has 45 heavy (non-hydrogen) atoms. The zero-order valence-corrected chi connectivity index (χ0v) is 26.4. The van der Waals surface area contributed by atoms with E-state index in [0.29, 0.717) is 58.8 Å². The number of benzene rings is 4. The number of rotatable bonds is 14. The third kappa shape index (κ3) is 7.96. The molecule has 0 unspecified atom stereocenters. The molecule has 0 fully saturated rings. The summed E-state index contributed by atoms with van der Waals surface area (Å²) in [6.07, 6.45) is 0.574. The molecule has 0 aromatic heterocycles. The molecule has 0 saturated carbocycles. The molecule has 1 heterocycles. The number of aliphatic hydroxyl groups excluding tert-OH is 1. The number of halogens is 2. The average molecular weight is 649 g/mol. The van der Waals surface area contributed by atoms with Gasteiger partial charge in [0.25, 0.3) is 5.91 Å². The molecule has 5 rings (SSSR count). The molecule has 10 heteroatoms. The van der Waals surface area contributed by atoms with E-state index in [9.17, 15) is 4.79 Å². The number of nitrogens with zero attached hydrogens (tertiary/aromatic N) is 1. The minimum Gasteiger partial charge on any atom is -0.497 e. The van der Waals surface area contributed by atoms with E-state index < -0.39 is 11.6 Å². The van der Waals surface area contributed by atoms with Gasteiger partial charge < -0.3 is 19.3 Å². The summed E-state index contributed by atoms with van der Waals surface area (Å²) in [6.45, 7) is 0.927. The maximum atomic E-state index is 14.3. The van der Waals surface area contributed by atoms with Crippen molar-refractivity contribution in [3.8, 4) is 11.5 Å². The van der Waals surface area contributed by atoms with Crippen molar-refractivity contribution in [1.29, 1.82) is 0 Å². The van der Waals surface area contributed by atoms with Gasteiger partial charge in [0, 0.05) is 47.2 Å². The largest absolute Gasteiger partial charge is 0.497 e. The Labute approximate surface area is 272 Å². The highest BCUT2D eigenvalue weighted by molar-refractivity contribution is 6.35. The second-order valence-corrected chi connectivity index (χ2v) is 11.4. The Balaban J connectivity index is 1.47. The van der Waals surface area contributed by atoms with Crippen molar-refractivity contribution in [2.45, 2.75) is 30.9 Å². The van der Waals surface area contributed by atoms with E-state index in [-0.39, 0.29) is 18.9 Å². The molecule has 1 aliphatic heterocycles. The maximum Gasteiger partial charge on any atom is 0.266 e. The molecule has 234 valence electrons. The van der Waals surface area contributed by atoms with Crippen LogP contribution in [0, 0.1) is 0 Å². The van der Waals surface area contributed by atoms with Crippen molar-refractivity contribution in [2.24, 2.45) is 4.99 Å². The van der Waals surface area contributed by atoms with Crippen molar-refractivity contribution in [1.82, 2.24) is 10.9 Å². The predicted octanol–water partition coefficient (Wildman–Crippen LogP) is 6.13. The van der Waals surface area contributed by atoms with Gasteiger partial charge in [-0.05, 0) is 66.1 Å². The molecule has 0 saturated heterocycles. The Bertz CT molecular complexity index is 1620. The van der Waals surface area contributed by atoms with E-state index in [2.05, 4.69) is 10.9 Å². The number of nitrogens with one attached hydrogen (secondary N) is 2. The molecule has 0 radical (unpaired) electrons. The van der Waals surface area contributed by atoms with Gasteiger partial charge in [-0.1, -0.05) is 71.7 Å². The number of amides is 1. The standard InChI is InChI=1S/C35H35Cl2N3O5/c1-43-29-10-5-9-24(21-29)17-18-38-40-34(42)35(23-25-7-3-2-4-8-25)32(30-16-13-27(36)22-31(30)37)45-33(39-35)26-11-14-28(15-12-26)44-20-6-19-41/h2-5,7-16,21-22,32,38,41H,6,17-20,23H2,1H3,(H,40,42)/t32-,35-/m0/s1. The highest BCUT2D eigenvalue weighted by Crippen LogP contribution is 2.45. The van der Waals surface area contributed by atoms with Gasteiger partial charge in [-0.15, -0.1) is 0 Å². The monoisotopic (exact) mass is 647 g/mol. The van der Waals surface area contributed by atoms with Crippen LogP contribution in [0.3, 0.4) is 0 Å². The number of aliphatic imine (C=N–C) groups is 1. The molecule has 4 aromatic rings. The van der Waals surface area contributed by atoms with E-state index in [1.165, 1.54) is 0 Å². The number of methoxy groups -OCH3 is 1. The zero-order chi connectivity index (χ0) is 31.6. The quantitative estimate of drug-likeness (QED) is 0.112. The second-order valence-electron chi connectivity index (χ2n) is 10.6. The van der Waals surface area contributed by atoms with Gasteiger partial charge in [-0.2, -0.15) is 0 Å². The highest BCUT2D eigenvalue weighted by atomic mass is 35.5. The SMILES string of the molecule is COc1cccc(CCNNC(=O)[C@@]2(Cc3ccccc3)N=C(c3ccc(OCCCO)cc3)O[C@H]2c2ccc(Cl)cc2Cl)c1. The number of hydrogen-bond donors (Lipinski definition) is 3. The lowest BCUT2D eigenvalue weighted by Gasteiger charge is -2.31. The van der Waals surface area contributed by atoms with Crippen molar-refractivity contribution < 1.29 is 24.1 Å². The number of hydrogen-bond acceptors (Lipinski definition) is 7. The zero-order valence-electron chi connectivity index (χ0n) is 24.8. The summed E-state index contributed by atoms with van der Waals surface area (Å²) in [5.41, 5.74) is 7.80. The summed E-state index contributed by atoms with van der Waals surface area (Å²) in [5.74, 6) is 1.36. The smallest absolute Gasteiger partial charge is 0.266 e. The molecule has 0 spiro atoms. The highest BCUT2D eigenvalue weighted by Gasteiger charge is 2.54. The van der Waals surface area contributed by atoms with E-state index >= 15 is 0 Å². The summed E-state index contributed by atoms with van der Waals surface area (Å²) >= 11 is 13.0. The molecule has 1 aliphatic rings. The summed E-state index contributed by atoms with van der Waals surface area (Å²) in [6, 6.07) is 29.9. The fraction of sp³-hybridized carbons (Fsp3) is 0.257. The number of hydrazine groups is 1. The van der Waals surface area contributed by atoms with Crippen molar-refractivity contribution in [3.63, 3.8) is 0 Å². The first-order valence-corrected chi connectivity index (χ1v) is 15.4. The topological polar surface area (TPSA) is 101 Å². The van der Waals surface area contributed by atoms with Gasteiger partial charge >= 0.3 is 0 Å². The normalized spacial score (nSPS) is 17.3. The summed E-state index contributed by atoms with van der Waals surface area (Å²) in [5, 5.41) is 9.89. The van der Waals surface area contributed by atoms with Crippen LogP contribution in [0.4, 0.5) is 0 Å². The average Bonchev–Trinajstić information content (AvgIpc) is 3.44. The molecule has 8 nitrogen and oxygen atoms in total. The molecular formula is C35H35Cl2N3O5. The second kappa shape index (κ2) is 15.3. The Kier molecular flexibility index (Phi) is 11.0.